The molecule has 4 heteroatoms. The van der Waals surface area contributed by atoms with Crippen molar-refractivity contribution in [2.24, 2.45) is 23.2 Å². The molecule has 0 radical (unpaired) electrons. The zero-order valence-electron chi connectivity index (χ0n) is 17.1. The normalized spacial score (nSPS) is 31.1. The smallest absolute Gasteiger partial charge is 0.330 e. The molecule has 0 spiro atoms. The van der Waals surface area contributed by atoms with Crippen LogP contribution in [0.4, 0.5) is 0 Å². The monoisotopic (exact) mass is 378 g/mol. The molecule has 0 bridgehead atoms. The van der Waals surface area contributed by atoms with Gasteiger partial charge in [0.25, 0.3) is 6.47 Å². The van der Waals surface area contributed by atoms with Gasteiger partial charge >= 0.3 is 5.97 Å². The summed E-state index contributed by atoms with van der Waals surface area (Å²) in [6.07, 6.45) is 16.2. The van der Waals surface area contributed by atoms with Crippen LogP contribution in [0.2, 0.25) is 0 Å². The molecular formula is C23H38O4. The fraction of sp³-hybridized carbons (Fsp3) is 0.826. The number of carbonyl (C=O) groups excluding carboxylic acids is 2. The van der Waals surface area contributed by atoms with Gasteiger partial charge in [-0.25, -0.2) is 4.79 Å². The quantitative estimate of drug-likeness (QED) is 0.207. The molecule has 0 aromatic rings. The van der Waals surface area contributed by atoms with Crippen molar-refractivity contribution in [2.45, 2.75) is 84.0 Å². The Hall–Kier alpha value is -1.32. The van der Waals surface area contributed by atoms with E-state index in [2.05, 4.69) is 13.5 Å². The van der Waals surface area contributed by atoms with Crippen molar-refractivity contribution in [1.29, 1.82) is 0 Å². The van der Waals surface area contributed by atoms with Crippen molar-refractivity contribution in [3.63, 3.8) is 0 Å². The molecule has 2 aliphatic carbocycles. The molecule has 0 N–H and O–H groups in total. The minimum absolute atomic E-state index is 0.139. The van der Waals surface area contributed by atoms with Gasteiger partial charge in [0.05, 0.1) is 13.2 Å². The van der Waals surface area contributed by atoms with E-state index in [-0.39, 0.29) is 11.4 Å². The van der Waals surface area contributed by atoms with Crippen molar-refractivity contribution < 1.29 is 19.1 Å². The highest BCUT2D eigenvalue weighted by Crippen LogP contribution is 2.49. The van der Waals surface area contributed by atoms with Crippen molar-refractivity contribution >= 4 is 12.4 Å². The van der Waals surface area contributed by atoms with Gasteiger partial charge in [-0.05, 0) is 74.5 Å². The lowest BCUT2D eigenvalue weighted by molar-refractivity contribution is -0.138. The van der Waals surface area contributed by atoms with Gasteiger partial charge in [-0.3, -0.25) is 4.79 Å². The number of rotatable bonds is 11. The molecule has 0 aromatic heterocycles. The molecule has 0 atom stereocenters. The second-order valence-electron chi connectivity index (χ2n) is 8.75. The molecule has 0 unspecified atom stereocenters. The van der Waals surface area contributed by atoms with Crippen LogP contribution in [0.15, 0.2) is 12.7 Å². The highest BCUT2D eigenvalue weighted by Gasteiger charge is 2.38. The van der Waals surface area contributed by atoms with Crippen LogP contribution in [0.25, 0.3) is 0 Å². The largest absolute Gasteiger partial charge is 0.468 e. The van der Waals surface area contributed by atoms with E-state index in [1.807, 2.05) is 0 Å². The Labute approximate surface area is 165 Å². The van der Waals surface area contributed by atoms with Gasteiger partial charge in [-0.15, -0.1) is 0 Å². The minimum Gasteiger partial charge on any atom is -0.468 e. The maximum Gasteiger partial charge on any atom is 0.330 e. The van der Waals surface area contributed by atoms with Crippen LogP contribution in [0.5, 0.6) is 0 Å². The molecule has 2 rings (SSSR count). The van der Waals surface area contributed by atoms with E-state index in [1.165, 1.54) is 57.4 Å². The Morgan fingerprint density at radius 2 is 1.67 bits per heavy atom. The summed E-state index contributed by atoms with van der Waals surface area (Å²) in [7, 11) is 0. The van der Waals surface area contributed by atoms with E-state index >= 15 is 0 Å². The Kier molecular flexibility index (Phi) is 9.36. The lowest BCUT2D eigenvalue weighted by Gasteiger charge is -2.44. The molecule has 4 nitrogen and oxygen atoms in total. The van der Waals surface area contributed by atoms with E-state index in [9.17, 15) is 9.59 Å². The molecule has 2 fully saturated rings. The van der Waals surface area contributed by atoms with Gasteiger partial charge in [0, 0.05) is 6.08 Å². The first kappa shape index (κ1) is 22.0. The molecule has 0 aliphatic heterocycles. The molecule has 0 aromatic carbocycles. The van der Waals surface area contributed by atoms with Gasteiger partial charge in [0.2, 0.25) is 0 Å². The zero-order chi connectivity index (χ0) is 19.5. The standard InChI is InChI=1S/C23H38O4/c1-3-5-19-6-8-20(9-7-19)21-10-12-23(13-11-21,14-16-26-18-24)15-17-27-22(25)4-2/h4,18-21H,2-3,5-17H2,1H3. The summed E-state index contributed by atoms with van der Waals surface area (Å²) in [6, 6.07) is 0. The van der Waals surface area contributed by atoms with Crippen molar-refractivity contribution in [3.8, 4) is 0 Å². The third kappa shape index (κ3) is 6.97. The molecule has 27 heavy (non-hydrogen) atoms. The van der Waals surface area contributed by atoms with E-state index in [0.717, 1.165) is 43.4 Å². The topological polar surface area (TPSA) is 52.6 Å². The average molecular weight is 379 g/mol. The number of hydrogen-bond donors (Lipinski definition) is 0. The van der Waals surface area contributed by atoms with Crippen LogP contribution >= 0.6 is 0 Å². The molecule has 0 saturated heterocycles. The summed E-state index contributed by atoms with van der Waals surface area (Å²) in [5.41, 5.74) is 0.139. The van der Waals surface area contributed by atoms with E-state index in [0.29, 0.717) is 19.7 Å². The number of hydrogen-bond acceptors (Lipinski definition) is 4. The Morgan fingerprint density at radius 1 is 1.04 bits per heavy atom. The van der Waals surface area contributed by atoms with Crippen LogP contribution in [0.1, 0.15) is 84.0 Å². The van der Waals surface area contributed by atoms with Gasteiger partial charge in [-0.2, -0.15) is 0 Å². The van der Waals surface area contributed by atoms with Crippen LogP contribution in [0, 0.1) is 23.2 Å². The lowest BCUT2D eigenvalue weighted by Crippen LogP contribution is -2.34. The number of carbonyl (C=O) groups is 2. The third-order valence-electron chi connectivity index (χ3n) is 7.21. The van der Waals surface area contributed by atoms with Crippen LogP contribution in [0.3, 0.4) is 0 Å². The fourth-order valence-electron chi connectivity index (χ4n) is 5.46. The van der Waals surface area contributed by atoms with Crippen molar-refractivity contribution in [3.05, 3.63) is 12.7 Å². The molecule has 2 saturated carbocycles. The fourth-order valence-corrected chi connectivity index (χ4v) is 5.46. The average Bonchev–Trinajstić information content (AvgIpc) is 2.70. The maximum atomic E-state index is 11.3. The Balaban J connectivity index is 1.82. The summed E-state index contributed by atoms with van der Waals surface area (Å²) in [6.45, 7) is 7.18. The molecule has 154 valence electrons. The molecule has 0 amide bonds. The van der Waals surface area contributed by atoms with Gasteiger partial charge in [0.1, 0.15) is 0 Å². The first-order chi connectivity index (χ1) is 13.1. The molecular weight excluding hydrogens is 340 g/mol. The lowest BCUT2D eigenvalue weighted by atomic mass is 9.62. The highest BCUT2D eigenvalue weighted by atomic mass is 16.5. The Morgan fingerprint density at radius 3 is 2.26 bits per heavy atom. The summed E-state index contributed by atoms with van der Waals surface area (Å²) in [5, 5.41) is 0. The van der Waals surface area contributed by atoms with E-state index < -0.39 is 0 Å². The number of ether oxygens (including phenoxy) is 2. The third-order valence-corrected chi connectivity index (χ3v) is 7.21. The summed E-state index contributed by atoms with van der Waals surface area (Å²) in [5.74, 6) is 2.37. The van der Waals surface area contributed by atoms with Gasteiger partial charge < -0.3 is 9.47 Å². The first-order valence-electron chi connectivity index (χ1n) is 11.0. The van der Waals surface area contributed by atoms with Crippen LogP contribution in [-0.4, -0.2) is 25.7 Å². The second-order valence-corrected chi connectivity index (χ2v) is 8.75. The van der Waals surface area contributed by atoms with E-state index in [4.69, 9.17) is 9.47 Å². The molecule has 0 heterocycles. The molecule has 2 aliphatic rings. The predicted molar refractivity (Wildman–Crippen MR) is 107 cm³/mol. The first-order valence-corrected chi connectivity index (χ1v) is 11.0. The summed E-state index contributed by atoms with van der Waals surface area (Å²) >= 11 is 0. The number of esters is 1. The summed E-state index contributed by atoms with van der Waals surface area (Å²) in [4.78, 5) is 21.9. The SMILES string of the molecule is C=CC(=O)OCCC1(CCOC=O)CCC(C2CCC(CCC)CC2)CC1. The second kappa shape index (κ2) is 11.5. The maximum absolute atomic E-state index is 11.3. The summed E-state index contributed by atoms with van der Waals surface area (Å²) < 4.78 is 10.2. The highest BCUT2D eigenvalue weighted by molar-refractivity contribution is 5.81. The predicted octanol–water partition coefficient (Wildman–Crippen LogP) is 5.45. The van der Waals surface area contributed by atoms with E-state index in [1.54, 1.807) is 0 Å². The van der Waals surface area contributed by atoms with Gasteiger partial charge in [-0.1, -0.05) is 39.2 Å². The van der Waals surface area contributed by atoms with Crippen molar-refractivity contribution in [2.75, 3.05) is 13.2 Å². The zero-order valence-corrected chi connectivity index (χ0v) is 17.1. The van der Waals surface area contributed by atoms with Crippen molar-refractivity contribution in [1.82, 2.24) is 0 Å². The van der Waals surface area contributed by atoms with Crippen LogP contribution in [-0.2, 0) is 19.1 Å². The van der Waals surface area contributed by atoms with Gasteiger partial charge in [0.15, 0.2) is 0 Å². The minimum atomic E-state index is -0.355. The van der Waals surface area contributed by atoms with Crippen LogP contribution < -0.4 is 0 Å². The Bertz CT molecular complexity index is 457.